The van der Waals surface area contributed by atoms with Crippen LogP contribution in [-0.2, 0) is 16.2 Å². The van der Waals surface area contributed by atoms with E-state index in [-0.39, 0.29) is 22.2 Å². The number of aromatic nitrogens is 2. The van der Waals surface area contributed by atoms with Gasteiger partial charge in [0.25, 0.3) is 10.0 Å². The Morgan fingerprint density at radius 3 is 2.46 bits per heavy atom. The Morgan fingerprint density at radius 1 is 0.919 bits per heavy atom. The van der Waals surface area contributed by atoms with Crippen LogP contribution in [0.3, 0.4) is 0 Å². The molecule has 11 heteroatoms. The third-order valence-corrected chi connectivity index (χ3v) is 7.42. The number of fused-ring (bicyclic) bond motifs is 1. The number of benzene rings is 3. The first-order chi connectivity index (χ1) is 17.7. The van der Waals surface area contributed by atoms with Crippen molar-refractivity contribution in [1.82, 2.24) is 10.1 Å². The highest BCUT2D eigenvalue weighted by atomic mass is 32.2. The second-order valence-electron chi connectivity index (χ2n) is 7.98. The molecule has 0 aliphatic rings. The van der Waals surface area contributed by atoms with Crippen molar-refractivity contribution in [2.24, 2.45) is 0 Å². The predicted octanol–water partition coefficient (Wildman–Crippen LogP) is 6.44. The number of hydrogen-bond donors (Lipinski definition) is 0. The summed E-state index contributed by atoms with van der Waals surface area (Å²) < 4.78 is 78.9. The van der Waals surface area contributed by atoms with E-state index in [1.807, 2.05) is 0 Å². The summed E-state index contributed by atoms with van der Waals surface area (Å²) in [6.07, 6.45) is -0.0957. The fourth-order valence-electron chi connectivity index (χ4n) is 3.91. The van der Waals surface area contributed by atoms with E-state index in [1.165, 1.54) is 61.9 Å². The van der Waals surface area contributed by atoms with Crippen molar-refractivity contribution >= 4 is 32.3 Å². The van der Waals surface area contributed by atoms with Gasteiger partial charge in [-0.05, 0) is 59.0 Å². The molecule has 0 atom stereocenters. The molecule has 5 aromatic rings. The molecule has 2 heterocycles. The molecule has 3 aromatic carbocycles. The third kappa shape index (κ3) is 4.60. The van der Waals surface area contributed by atoms with Crippen LogP contribution >= 0.6 is 0 Å². The van der Waals surface area contributed by atoms with Crippen molar-refractivity contribution in [3.8, 4) is 16.9 Å². The van der Waals surface area contributed by atoms with Gasteiger partial charge in [-0.1, -0.05) is 29.4 Å². The van der Waals surface area contributed by atoms with Gasteiger partial charge in [0.1, 0.15) is 17.7 Å². The summed E-state index contributed by atoms with van der Waals surface area (Å²) >= 11 is 0. The summed E-state index contributed by atoms with van der Waals surface area (Å²) in [6.45, 7) is 0. The monoisotopic (exact) mass is 525 g/mol. The summed E-state index contributed by atoms with van der Waals surface area (Å²) in [6, 6.07) is 17.0. The van der Waals surface area contributed by atoms with Gasteiger partial charge in [0.05, 0.1) is 17.6 Å². The van der Waals surface area contributed by atoms with E-state index in [1.54, 1.807) is 24.5 Å². The maximum Gasteiger partial charge on any atom is 0.416 e. The lowest BCUT2D eigenvalue weighted by Crippen LogP contribution is -2.27. The van der Waals surface area contributed by atoms with Gasteiger partial charge in [-0.25, -0.2) is 12.7 Å². The number of halogens is 3. The van der Waals surface area contributed by atoms with Crippen LogP contribution < -0.4 is 9.04 Å². The van der Waals surface area contributed by atoms with Gasteiger partial charge in [0.2, 0.25) is 0 Å². The third-order valence-electron chi connectivity index (χ3n) is 5.70. The Labute approximate surface area is 209 Å². The van der Waals surface area contributed by atoms with Gasteiger partial charge in [0, 0.05) is 23.8 Å². The molecule has 0 aliphatic heterocycles. The number of anilines is 2. The summed E-state index contributed by atoms with van der Waals surface area (Å²) in [5.41, 5.74) is -0.00522. The maximum atomic E-state index is 13.9. The standard InChI is InChI=1S/C26H18F3N3O4S/c1-35-24-15-18(17-3-2-4-21(13-17)26(27,28)29)6-8-23(24)32(25-10-12-36-31-25)37(33,34)22-7-5-20-16-30-11-9-19(20)14-22/h2-16H,1H3. The lowest BCUT2D eigenvalue weighted by atomic mass is 10.0. The summed E-state index contributed by atoms with van der Waals surface area (Å²) in [4.78, 5) is 4.03. The van der Waals surface area contributed by atoms with Crippen LogP contribution in [0, 0.1) is 0 Å². The largest absolute Gasteiger partial charge is 0.495 e. The quantitative estimate of drug-likeness (QED) is 0.254. The number of nitrogens with zero attached hydrogens (tertiary/aromatic N) is 3. The molecular weight excluding hydrogens is 507 g/mol. The van der Waals surface area contributed by atoms with Crippen LogP contribution in [0.25, 0.3) is 21.9 Å². The first-order valence-electron chi connectivity index (χ1n) is 10.8. The Balaban J connectivity index is 1.64. The average molecular weight is 526 g/mol. The Kier molecular flexibility index (Phi) is 6.08. The zero-order valence-electron chi connectivity index (χ0n) is 19.2. The van der Waals surface area contributed by atoms with Gasteiger partial charge >= 0.3 is 6.18 Å². The molecule has 0 fully saturated rings. The fourth-order valence-corrected chi connectivity index (χ4v) is 5.39. The van der Waals surface area contributed by atoms with Crippen LogP contribution in [-0.4, -0.2) is 25.7 Å². The van der Waals surface area contributed by atoms with Gasteiger partial charge in [-0.3, -0.25) is 4.98 Å². The van der Waals surface area contributed by atoms with Crippen molar-refractivity contribution in [2.45, 2.75) is 11.1 Å². The van der Waals surface area contributed by atoms with E-state index < -0.39 is 21.8 Å². The number of hydrogen-bond acceptors (Lipinski definition) is 6. The molecule has 2 aromatic heterocycles. The number of methoxy groups -OCH3 is 1. The molecule has 0 saturated heterocycles. The number of rotatable bonds is 6. The SMILES string of the molecule is COc1cc(-c2cccc(C(F)(F)F)c2)ccc1N(c1ccon1)S(=O)(=O)c1ccc2cnccc2c1. The summed E-state index contributed by atoms with van der Waals surface area (Å²) in [5.74, 6) is 0.0754. The van der Waals surface area contributed by atoms with E-state index in [0.717, 1.165) is 21.8 Å². The second kappa shape index (κ2) is 9.25. The van der Waals surface area contributed by atoms with Crippen molar-refractivity contribution in [3.05, 3.63) is 97.0 Å². The van der Waals surface area contributed by atoms with E-state index in [0.29, 0.717) is 16.5 Å². The molecule has 0 spiro atoms. The smallest absolute Gasteiger partial charge is 0.416 e. The van der Waals surface area contributed by atoms with Gasteiger partial charge in [0.15, 0.2) is 5.82 Å². The van der Waals surface area contributed by atoms with Crippen LogP contribution in [0.5, 0.6) is 5.75 Å². The molecule has 0 bridgehead atoms. The Bertz CT molecular complexity index is 1690. The number of pyridine rings is 1. The van der Waals surface area contributed by atoms with E-state index in [2.05, 4.69) is 10.1 Å². The zero-order valence-corrected chi connectivity index (χ0v) is 20.0. The first kappa shape index (κ1) is 24.3. The van der Waals surface area contributed by atoms with Gasteiger partial charge in [-0.15, -0.1) is 0 Å². The van der Waals surface area contributed by atoms with E-state index in [9.17, 15) is 21.6 Å². The lowest BCUT2D eigenvalue weighted by Gasteiger charge is -2.24. The fraction of sp³-hybridized carbons (Fsp3) is 0.0769. The van der Waals surface area contributed by atoms with E-state index in [4.69, 9.17) is 9.26 Å². The summed E-state index contributed by atoms with van der Waals surface area (Å²) in [5, 5.41) is 5.25. The maximum absolute atomic E-state index is 13.9. The van der Waals surface area contributed by atoms with Gasteiger partial charge < -0.3 is 9.26 Å². The molecular formula is C26H18F3N3O4S. The van der Waals surface area contributed by atoms with Crippen LogP contribution in [0.2, 0.25) is 0 Å². The highest BCUT2D eigenvalue weighted by Gasteiger charge is 2.32. The van der Waals surface area contributed by atoms with E-state index >= 15 is 0 Å². The Morgan fingerprint density at radius 2 is 1.73 bits per heavy atom. The minimum Gasteiger partial charge on any atom is -0.495 e. The van der Waals surface area contributed by atoms with Crippen LogP contribution in [0.1, 0.15) is 5.56 Å². The van der Waals surface area contributed by atoms with Crippen LogP contribution in [0.4, 0.5) is 24.7 Å². The molecule has 37 heavy (non-hydrogen) atoms. The first-order valence-corrected chi connectivity index (χ1v) is 12.3. The van der Waals surface area contributed by atoms with Crippen molar-refractivity contribution in [3.63, 3.8) is 0 Å². The molecule has 0 radical (unpaired) electrons. The molecule has 0 amide bonds. The predicted molar refractivity (Wildman–Crippen MR) is 131 cm³/mol. The molecule has 0 aliphatic carbocycles. The highest BCUT2D eigenvalue weighted by molar-refractivity contribution is 7.93. The molecule has 0 unspecified atom stereocenters. The second-order valence-corrected chi connectivity index (χ2v) is 9.76. The normalized spacial score (nSPS) is 12.0. The van der Waals surface area contributed by atoms with Crippen molar-refractivity contribution in [2.75, 3.05) is 11.4 Å². The topological polar surface area (TPSA) is 85.5 Å². The molecule has 0 saturated carbocycles. The van der Waals surface area contributed by atoms with Gasteiger partial charge in [-0.2, -0.15) is 13.2 Å². The lowest BCUT2D eigenvalue weighted by molar-refractivity contribution is -0.137. The molecule has 7 nitrogen and oxygen atoms in total. The van der Waals surface area contributed by atoms with Crippen LogP contribution in [0.15, 0.2) is 101 Å². The average Bonchev–Trinajstić information content (AvgIpc) is 3.42. The molecule has 5 rings (SSSR count). The number of alkyl halides is 3. The minimum absolute atomic E-state index is 0.0155. The van der Waals surface area contributed by atoms with Crippen molar-refractivity contribution in [1.29, 1.82) is 0 Å². The zero-order chi connectivity index (χ0) is 26.2. The molecule has 188 valence electrons. The Hall–Kier alpha value is -4.38. The molecule has 0 N–H and O–H groups in total. The van der Waals surface area contributed by atoms with Crippen molar-refractivity contribution < 1.29 is 30.8 Å². The number of ether oxygens (including phenoxy) is 1. The minimum atomic E-state index is -4.51. The highest BCUT2D eigenvalue weighted by Crippen LogP contribution is 2.41. The number of sulfonamides is 1. The summed E-state index contributed by atoms with van der Waals surface area (Å²) in [7, 11) is -2.90.